The predicted octanol–water partition coefficient (Wildman–Crippen LogP) is 2.40. The lowest BCUT2D eigenvalue weighted by molar-refractivity contribution is 0.317. The smallest absolute Gasteiger partial charge is 0.119 e. The quantitative estimate of drug-likeness (QED) is 0.819. The van der Waals surface area contributed by atoms with Gasteiger partial charge in [-0.25, -0.2) is 0 Å². The Bertz CT molecular complexity index is 236. The van der Waals surface area contributed by atoms with Gasteiger partial charge in [-0.1, -0.05) is 19.1 Å². The fourth-order valence-electron chi connectivity index (χ4n) is 1.14. The molecule has 0 aliphatic rings. The highest BCUT2D eigenvalue weighted by Crippen LogP contribution is 2.12. The van der Waals surface area contributed by atoms with Gasteiger partial charge < -0.3 is 10.5 Å². The number of hydrogen-bond donors (Lipinski definition) is 1. The molecule has 0 atom stereocenters. The first-order valence-corrected chi connectivity index (χ1v) is 4.78. The van der Waals surface area contributed by atoms with Crippen LogP contribution in [-0.4, -0.2) is 13.2 Å². The van der Waals surface area contributed by atoms with Gasteiger partial charge in [0.2, 0.25) is 0 Å². The molecule has 2 N–H and O–H groups in total. The highest BCUT2D eigenvalue weighted by molar-refractivity contribution is 5.85. The zero-order chi connectivity index (χ0) is 9.52. The highest BCUT2D eigenvalue weighted by atomic mass is 35.5. The van der Waals surface area contributed by atoms with Gasteiger partial charge >= 0.3 is 0 Å². The van der Waals surface area contributed by atoms with Gasteiger partial charge in [0.1, 0.15) is 5.75 Å². The second-order valence-corrected chi connectivity index (χ2v) is 3.03. The van der Waals surface area contributed by atoms with Crippen molar-refractivity contribution in [3.63, 3.8) is 0 Å². The van der Waals surface area contributed by atoms with Crippen molar-refractivity contribution in [1.29, 1.82) is 0 Å². The van der Waals surface area contributed by atoms with Crippen molar-refractivity contribution in [2.75, 3.05) is 13.2 Å². The van der Waals surface area contributed by atoms with E-state index in [-0.39, 0.29) is 12.4 Å². The van der Waals surface area contributed by atoms with Crippen molar-refractivity contribution in [3.8, 4) is 5.75 Å². The topological polar surface area (TPSA) is 35.2 Å². The molecule has 0 heterocycles. The summed E-state index contributed by atoms with van der Waals surface area (Å²) in [7, 11) is 0. The number of nitrogens with two attached hydrogens (primary N) is 1. The van der Waals surface area contributed by atoms with Crippen LogP contribution in [0, 0.1) is 0 Å². The summed E-state index contributed by atoms with van der Waals surface area (Å²) < 4.78 is 5.46. The van der Waals surface area contributed by atoms with Crippen molar-refractivity contribution >= 4 is 12.4 Å². The molecule has 1 aromatic rings. The van der Waals surface area contributed by atoms with Gasteiger partial charge in [0.05, 0.1) is 6.61 Å². The number of ether oxygens (including phenoxy) is 1. The zero-order valence-corrected chi connectivity index (χ0v) is 9.35. The molecule has 0 aromatic heterocycles. The van der Waals surface area contributed by atoms with E-state index < -0.39 is 0 Å². The minimum Gasteiger partial charge on any atom is -0.494 e. The summed E-state index contributed by atoms with van der Waals surface area (Å²) in [4.78, 5) is 0. The average Bonchev–Trinajstić information content (AvgIpc) is 2.17. The summed E-state index contributed by atoms with van der Waals surface area (Å²) in [6.45, 7) is 3.59. The summed E-state index contributed by atoms with van der Waals surface area (Å²) in [5.74, 6) is 0.947. The molecule has 0 spiro atoms. The molecule has 80 valence electrons. The normalized spacial score (nSPS) is 9.29. The molecule has 0 aliphatic carbocycles. The van der Waals surface area contributed by atoms with E-state index in [4.69, 9.17) is 10.5 Å². The van der Waals surface area contributed by atoms with Crippen LogP contribution in [0.4, 0.5) is 0 Å². The predicted molar refractivity (Wildman–Crippen MR) is 62.2 cm³/mol. The minimum atomic E-state index is 0. The van der Waals surface area contributed by atoms with Gasteiger partial charge in [0, 0.05) is 0 Å². The lowest BCUT2D eigenvalue weighted by atomic mass is 10.1. The van der Waals surface area contributed by atoms with Crippen LogP contribution in [0.3, 0.4) is 0 Å². The second kappa shape index (κ2) is 7.65. The Hall–Kier alpha value is -0.730. The van der Waals surface area contributed by atoms with E-state index in [1.165, 1.54) is 5.56 Å². The minimum absolute atomic E-state index is 0. The van der Waals surface area contributed by atoms with Crippen LogP contribution < -0.4 is 10.5 Å². The molecule has 3 heteroatoms. The summed E-state index contributed by atoms with van der Waals surface area (Å²) >= 11 is 0. The third-order valence-corrected chi connectivity index (χ3v) is 1.83. The number of hydrogen-bond acceptors (Lipinski definition) is 2. The Morgan fingerprint density at radius 1 is 1.21 bits per heavy atom. The molecule has 0 amide bonds. The maximum Gasteiger partial charge on any atom is 0.119 e. The highest BCUT2D eigenvalue weighted by Gasteiger charge is 1.93. The van der Waals surface area contributed by atoms with Crippen molar-refractivity contribution in [1.82, 2.24) is 0 Å². The monoisotopic (exact) mass is 215 g/mol. The Morgan fingerprint density at radius 3 is 2.36 bits per heavy atom. The molecular formula is C11H18ClNO. The van der Waals surface area contributed by atoms with E-state index >= 15 is 0 Å². The Kier molecular flexibility index (Phi) is 7.25. The van der Waals surface area contributed by atoms with Crippen LogP contribution in [0.2, 0.25) is 0 Å². The first-order valence-electron chi connectivity index (χ1n) is 4.78. The lowest BCUT2D eigenvalue weighted by Gasteiger charge is -2.04. The maximum atomic E-state index is 5.46. The fraction of sp³-hybridized carbons (Fsp3) is 0.455. The zero-order valence-electron chi connectivity index (χ0n) is 8.53. The second-order valence-electron chi connectivity index (χ2n) is 3.03. The molecule has 0 bridgehead atoms. The summed E-state index contributed by atoms with van der Waals surface area (Å²) in [6, 6.07) is 8.14. The summed E-state index contributed by atoms with van der Waals surface area (Å²) in [5, 5.41) is 0. The van der Waals surface area contributed by atoms with E-state index in [2.05, 4.69) is 19.1 Å². The van der Waals surface area contributed by atoms with E-state index in [1.807, 2.05) is 12.1 Å². The van der Waals surface area contributed by atoms with Crippen LogP contribution in [0.15, 0.2) is 24.3 Å². The lowest BCUT2D eigenvalue weighted by Crippen LogP contribution is -2.02. The molecule has 0 radical (unpaired) electrons. The third kappa shape index (κ3) is 4.49. The summed E-state index contributed by atoms with van der Waals surface area (Å²) in [6.07, 6.45) is 1.98. The molecule has 0 fully saturated rings. The van der Waals surface area contributed by atoms with Crippen LogP contribution in [0.25, 0.3) is 0 Å². The third-order valence-electron chi connectivity index (χ3n) is 1.83. The molecule has 1 rings (SSSR count). The van der Waals surface area contributed by atoms with Gasteiger partial charge in [-0.3, -0.25) is 0 Å². The Balaban J connectivity index is 0.00000169. The van der Waals surface area contributed by atoms with E-state index in [9.17, 15) is 0 Å². The Morgan fingerprint density at radius 2 is 1.86 bits per heavy atom. The molecule has 0 unspecified atom stereocenters. The molecule has 0 saturated heterocycles. The molecule has 0 saturated carbocycles. The van der Waals surface area contributed by atoms with Gasteiger partial charge in [-0.05, 0) is 37.1 Å². The largest absolute Gasteiger partial charge is 0.494 e. The number of halogens is 1. The molecule has 2 nitrogen and oxygen atoms in total. The van der Waals surface area contributed by atoms with Gasteiger partial charge in [0.15, 0.2) is 0 Å². The first-order chi connectivity index (χ1) is 6.36. The van der Waals surface area contributed by atoms with E-state index in [0.29, 0.717) is 6.54 Å². The van der Waals surface area contributed by atoms with Crippen molar-refractivity contribution in [2.24, 2.45) is 5.73 Å². The summed E-state index contributed by atoms with van der Waals surface area (Å²) in [5.41, 5.74) is 6.72. The van der Waals surface area contributed by atoms with Gasteiger partial charge in [-0.15, -0.1) is 12.4 Å². The van der Waals surface area contributed by atoms with Crippen molar-refractivity contribution in [2.45, 2.75) is 19.8 Å². The molecule has 0 aliphatic heterocycles. The SMILES string of the molecule is CCCOc1ccc(CCN)cc1.Cl. The van der Waals surface area contributed by atoms with Crippen LogP contribution in [0.5, 0.6) is 5.75 Å². The molecule has 1 aromatic carbocycles. The number of rotatable bonds is 5. The Labute approximate surface area is 91.9 Å². The van der Waals surface area contributed by atoms with E-state index in [0.717, 1.165) is 25.2 Å². The van der Waals surface area contributed by atoms with Gasteiger partial charge in [-0.2, -0.15) is 0 Å². The molecular weight excluding hydrogens is 198 g/mol. The maximum absolute atomic E-state index is 5.46. The van der Waals surface area contributed by atoms with Crippen molar-refractivity contribution in [3.05, 3.63) is 29.8 Å². The van der Waals surface area contributed by atoms with Crippen LogP contribution in [0.1, 0.15) is 18.9 Å². The van der Waals surface area contributed by atoms with Crippen molar-refractivity contribution < 1.29 is 4.74 Å². The van der Waals surface area contributed by atoms with E-state index in [1.54, 1.807) is 0 Å². The average molecular weight is 216 g/mol. The van der Waals surface area contributed by atoms with Crippen LogP contribution in [-0.2, 0) is 6.42 Å². The standard InChI is InChI=1S/C11H17NO.ClH/c1-2-9-13-11-5-3-10(4-6-11)7-8-12;/h3-6H,2,7-9,12H2,1H3;1H. The van der Waals surface area contributed by atoms with Crippen LogP contribution >= 0.6 is 12.4 Å². The fourth-order valence-corrected chi connectivity index (χ4v) is 1.14. The first kappa shape index (κ1) is 13.3. The van der Waals surface area contributed by atoms with Gasteiger partial charge in [0.25, 0.3) is 0 Å². The number of benzene rings is 1. The molecule has 14 heavy (non-hydrogen) atoms.